The SMILES string of the molecule is CC(=O)c1c(Br)c2c3ccccc3c3ccccc3n2c1C. The van der Waals surface area contributed by atoms with Gasteiger partial charge in [-0.15, -0.1) is 0 Å². The molecule has 0 aliphatic heterocycles. The van der Waals surface area contributed by atoms with Crippen molar-refractivity contribution >= 4 is 48.9 Å². The third kappa shape index (κ3) is 1.63. The number of pyridine rings is 1. The second-order valence-electron chi connectivity index (χ2n) is 5.58. The van der Waals surface area contributed by atoms with Crippen molar-refractivity contribution in [2.45, 2.75) is 13.8 Å². The van der Waals surface area contributed by atoms with E-state index in [1.807, 2.05) is 19.1 Å². The molecule has 0 saturated carbocycles. The first kappa shape index (κ1) is 13.5. The van der Waals surface area contributed by atoms with E-state index in [1.54, 1.807) is 6.92 Å². The second-order valence-corrected chi connectivity index (χ2v) is 6.37. The van der Waals surface area contributed by atoms with E-state index in [2.05, 4.69) is 56.7 Å². The minimum absolute atomic E-state index is 0.0845. The summed E-state index contributed by atoms with van der Waals surface area (Å²) in [5.41, 5.74) is 3.94. The van der Waals surface area contributed by atoms with E-state index < -0.39 is 0 Å². The predicted octanol–water partition coefficient (Wildman–Crippen LogP) is 5.52. The highest BCUT2D eigenvalue weighted by molar-refractivity contribution is 9.10. The van der Waals surface area contributed by atoms with Crippen LogP contribution in [0.5, 0.6) is 0 Å². The lowest BCUT2D eigenvalue weighted by Crippen LogP contribution is -1.96. The average Bonchev–Trinajstić information content (AvgIpc) is 2.79. The van der Waals surface area contributed by atoms with Gasteiger partial charge in [-0.3, -0.25) is 4.79 Å². The number of Topliss-reactive ketones (excluding diaryl/α,β-unsaturated/α-hetero) is 1. The Morgan fingerprint density at radius 3 is 2.23 bits per heavy atom. The smallest absolute Gasteiger partial charge is 0.162 e. The van der Waals surface area contributed by atoms with Crippen LogP contribution >= 0.6 is 15.9 Å². The molecule has 0 saturated heterocycles. The quantitative estimate of drug-likeness (QED) is 0.327. The van der Waals surface area contributed by atoms with Crippen LogP contribution in [-0.4, -0.2) is 10.2 Å². The zero-order valence-electron chi connectivity index (χ0n) is 12.4. The number of halogens is 1. The molecular formula is C19H14BrNO. The minimum Gasteiger partial charge on any atom is -0.311 e. The summed E-state index contributed by atoms with van der Waals surface area (Å²) in [4.78, 5) is 12.1. The fraction of sp³-hybridized carbons (Fsp3) is 0.105. The molecule has 4 aromatic rings. The van der Waals surface area contributed by atoms with Crippen molar-refractivity contribution in [2.24, 2.45) is 0 Å². The molecule has 4 rings (SSSR count). The number of para-hydroxylation sites is 1. The van der Waals surface area contributed by atoms with Gasteiger partial charge in [-0.2, -0.15) is 0 Å². The molecule has 0 aliphatic rings. The fourth-order valence-corrected chi connectivity index (χ4v) is 4.38. The van der Waals surface area contributed by atoms with E-state index in [4.69, 9.17) is 0 Å². The number of ketones is 1. The van der Waals surface area contributed by atoms with E-state index >= 15 is 0 Å². The van der Waals surface area contributed by atoms with Gasteiger partial charge in [0.25, 0.3) is 0 Å². The van der Waals surface area contributed by atoms with Crippen LogP contribution in [0.25, 0.3) is 27.2 Å². The molecule has 0 aliphatic carbocycles. The molecule has 22 heavy (non-hydrogen) atoms. The third-order valence-electron chi connectivity index (χ3n) is 4.32. The van der Waals surface area contributed by atoms with Gasteiger partial charge >= 0.3 is 0 Å². The summed E-state index contributed by atoms with van der Waals surface area (Å²) in [5.74, 6) is 0.0845. The molecule has 2 aromatic heterocycles. The van der Waals surface area contributed by atoms with E-state index in [0.29, 0.717) is 0 Å². The number of hydrogen-bond donors (Lipinski definition) is 0. The van der Waals surface area contributed by atoms with E-state index in [-0.39, 0.29) is 5.78 Å². The molecule has 2 heterocycles. The van der Waals surface area contributed by atoms with Crippen LogP contribution in [0, 0.1) is 6.92 Å². The summed E-state index contributed by atoms with van der Waals surface area (Å²) in [6.45, 7) is 3.63. The van der Waals surface area contributed by atoms with Gasteiger partial charge < -0.3 is 4.40 Å². The van der Waals surface area contributed by atoms with Crippen molar-refractivity contribution in [3.05, 3.63) is 64.3 Å². The number of fused-ring (bicyclic) bond motifs is 6. The molecule has 108 valence electrons. The summed E-state index contributed by atoms with van der Waals surface area (Å²) in [6.07, 6.45) is 0. The summed E-state index contributed by atoms with van der Waals surface area (Å²) in [6, 6.07) is 16.7. The first-order valence-electron chi connectivity index (χ1n) is 7.22. The van der Waals surface area contributed by atoms with Gasteiger partial charge in [0.2, 0.25) is 0 Å². The van der Waals surface area contributed by atoms with Crippen molar-refractivity contribution in [3.63, 3.8) is 0 Å². The maximum atomic E-state index is 12.1. The Morgan fingerprint density at radius 2 is 1.55 bits per heavy atom. The van der Waals surface area contributed by atoms with Crippen molar-refractivity contribution in [1.82, 2.24) is 4.40 Å². The van der Waals surface area contributed by atoms with Crippen LogP contribution < -0.4 is 0 Å². The minimum atomic E-state index is 0.0845. The van der Waals surface area contributed by atoms with Gasteiger partial charge in [-0.05, 0) is 41.2 Å². The Kier molecular flexibility index (Phi) is 2.88. The second kappa shape index (κ2) is 4.68. The number of rotatable bonds is 1. The third-order valence-corrected chi connectivity index (χ3v) is 5.09. The molecule has 3 heteroatoms. The van der Waals surface area contributed by atoms with Crippen molar-refractivity contribution < 1.29 is 4.79 Å². The standard InChI is InChI=1S/C19H14BrNO/c1-11-17(12(2)22)18(20)19-15-9-4-3-7-13(15)14-8-5-6-10-16(14)21(11)19/h3-10H,1-2H3. The summed E-state index contributed by atoms with van der Waals surface area (Å²) in [7, 11) is 0. The lowest BCUT2D eigenvalue weighted by molar-refractivity contribution is 0.101. The van der Waals surface area contributed by atoms with Crippen LogP contribution in [0.2, 0.25) is 0 Å². The fourth-order valence-electron chi connectivity index (χ4n) is 3.42. The van der Waals surface area contributed by atoms with Gasteiger partial charge in [-0.25, -0.2) is 0 Å². The van der Waals surface area contributed by atoms with Crippen molar-refractivity contribution in [3.8, 4) is 0 Å². The first-order chi connectivity index (χ1) is 10.6. The van der Waals surface area contributed by atoms with Gasteiger partial charge in [0, 0.05) is 16.5 Å². The molecule has 0 amide bonds. The Morgan fingerprint density at radius 1 is 0.955 bits per heavy atom. The number of carbonyl (C=O) groups is 1. The highest BCUT2D eigenvalue weighted by Crippen LogP contribution is 2.38. The lowest BCUT2D eigenvalue weighted by Gasteiger charge is -2.10. The van der Waals surface area contributed by atoms with Crippen molar-refractivity contribution in [2.75, 3.05) is 0 Å². The first-order valence-corrected chi connectivity index (χ1v) is 8.01. The maximum absolute atomic E-state index is 12.1. The molecule has 0 radical (unpaired) electrons. The molecule has 0 N–H and O–H groups in total. The van der Waals surface area contributed by atoms with Gasteiger partial charge in [0.15, 0.2) is 5.78 Å². The van der Waals surface area contributed by atoms with Crippen LogP contribution in [0.1, 0.15) is 23.0 Å². The van der Waals surface area contributed by atoms with Crippen LogP contribution in [0.15, 0.2) is 53.0 Å². The molecule has 0 unspecified atom stereocenters. The number of nitrogens with zero attached hydrogens (tertiary/aromatic N) is 1. The zero-order valence-corrected chi connectivity index (χ0v) is 13.9. The molecule has 0 fully saturated rings. The van der Waals surface area contributed by atoms with E-state index in [9.17, 15) is 4.79 Å². The Labute approximate surface area is 136 Å². The van der Waals surface area contributed by atoms with Crippen molar-refractivity contribution in [1.29, 1.82) is 0 Å². The number of aromatic nitrogens is 1. The largest absolute Gasteiger partial charge is 0.311 e. The number of carbonyl (C=O) groups excluding carboxylic acids is 1. The number of aryl methyl sites for hydroxylation is 1. The predicted molar refractivity (Wildman–Crippen MR) is 94.9 cm³/mol. The molecule has 0 bridgehead atoms. The maximum Gasteiger partial charge on any atom is 0.162 e. The lowest BCUT2D eigenvalue weighted by atomic mass is 10.0. The molecular weight excluding hydrogens is 338 g/mol. The Bertz CT molecular complexity index is 997. The van der Waals surface area contributed by atoms with Gasteiger partial charge in [0.05, 0.1) is 21.1 Å². The highest BCUT2D eigenvalue weighted by atomic mass is 79.9. The summed E-state index contributed by atoms with van der Waals surface area (Å²) >= 11 is 3.67. The average molecular weight is 352 g/mol. The van der Waals surface area contributed by atoms with E-state index in [1.165, 1.54) is 10.8 Å². The molecule has 2 nitrogen and oxygen atoms in total. The van der Waals surface area contributed by atoms with Crippen LogP contribution in [-0.2, 0) is 0 Å². The highest BCUT2D eigenvalue weighted by Gasteiger charge is 2.20. The Balaban J connectivity index is 2.44. The Hall–Kier alpha value is -2.13. The molecule has 0 atom stereocenters. The summed E-state index contributed by atoms with van der Waals surface area (Å²) in [5, 5.41) is 3.56. The normalized spacial score (nSPS) is 11.6. The number of benzene rings is 2. The van der Waals surface area contributed by atoms with Gasteiger partial charge in [-0.1, -0.05) is 42.5 Å². The molecule has 2 aromatic carbocycles. The summed E-state index contributed by atoms with van der Waals surface area (Å²) < 4.78 is 3.08. The monoisotopic (exact) mass is 351 g/mol. The van der Waals surface area contributed by atoms with E-state index in [0.717, 1.165) is 32.1 Å². The van der Waals surface area contributed by atoms with Crippen LogP contribution in [0.3, 0.4) is 0 Å². The van der Waals surface area contributed by atoms with Gasteiger partial charge in [0.1, 0.15) is 0 Å². The number of hydrogen-bond acceptors (Lipinski definition) is 1. The molecule has 0 spiro atoms. The zero-order chi connectivity index (χ0) is 15.4. The van der Waals surface area contributed by atoms with Crippen LogP contribution in [0.4, 0.5) is 0 Å². The topological polar surface area (TPSA) is 21.5 Å².